The van der Waals surface area contributed by atoms with Crippen molar-refractivity contribution in [1.82, 2.24) is 15.0 Å². The SMILES string of the molecule is N=Cc1cnc(Nc2cc(N3CCOC[C@@H]3CO)ncn2)cc1N. The number of morpholine rings is 1. The number of ether oxygens (including phenoxy) is 1. The summed E-state index contributed by atoms with van der Waals surface area (Å²) in [5.74, 6) is 1.81. The first-order chi connectivity index (χ1) is 11.7. The summed E-state index contributed by atoms with van der Waals surface area (Å²) >= 11 is 0. The smallest absolute Gasteiger partial charge is 0.137 e. The predicted octanol–water partition coefficient (Wildman–Crippen LogP) is 0.393. The number of rotatable bonds is 5. The number of aromatic nitrogens is 3. The first kappa shape index (κ1) is 16.1. The summed E-state index contributed by atoms with van der Waals surface area (Å²) in [6.07, 6.45) is 4.13. The second kappa shape index (κ2) is 7.20. The van der Waals surface area contributed by atoms with Crippen LogP contribution >= 0.6 is 0 Å². The lowest BCUT2D eigenvalue weighted by Crippen LogP contribution is -2.48. The molecule has 0 bridgehead atoms. The zero-order valence-electron chi connectivity index (χ0n) is 13.0. The zero-order valence-corrected chi connectivity index (χ0v) is 13.0. The van der Waals surface area contributed by atoms with Crippen LogP contribution in [0.25, 0.3) is 0 Å². The summed E-state index contributed by atoms with van der Waals surface area (Å²) in [6, 6.07) is 3.31. The largest absolute Gasteiger partial charge is 0.398 e. The average molecular weight is 329 g/mol. The van der Waals surface area contributed by atoms with Gasteiger partial charge in [0.15, 0.2) is 0 Å². The fourth-order valence-electron chi connectivity index (χ4n) is 2.48. The molecule has 0 spiro atoms. The summed E-state index contributed by atoms with van der Waals surface area (Å²) in [5, 5.41) is 19.8. The fraction of sp³-hybridized carbons (Fsp3) is 0.333. The highest BCUT2D eigenvalue weighted by Gasteiger charge is 2.23. The van der Waals surface area contributed by atoms with Crippen molar-refractivity contribution in [3.63, 3.8) is 0 Å². The highest BCUT2D eigenvalue weighted by molar-refractivity contribution is 5.85. The van der Waals surface area contributed by atoms with Gasteiger partial charge in [-0.05, 0) is 0 Å². The van der Waals surface area contributed by atoms with Gasteiger partial charge < -0.3 is 31.2 Å². The van der Waals surface area contributed by atoms with Gasteiger partial charge in [-0.1, -0.05) is 0 Å². The van der Waals surface area contributed by atoms with Gasteiger partial charge in [0, 0.05) is 42.3 Å². The lowest BCUT2D eigenvalue weighted by Gasteiger charge is -2.35. The number of nitrogens with zero attached hydrogens (tertiary/aromatic N) is 4. The molecule has 0 amide bonds. The molecule has 9 nitrogen and oxygen atoms in total. The number of nitrogens with one attached hydrogen (secondary N) is 2. The van der Waals surface area contributed by atoms with E-state index in [1.165, 1.54) is 12.5 Å². The molecule has 0 aliphatic carbocycles. The van der Waals surface area contributed by atoms with Crippen molar-refractivity contribution < 1.29 is 9.84 Å². The van der Waals surface area contributed by atoms with Crippen LogP contribution in [0, 0.1) is 5.41 Å². The number of aliphatic hydroxyl groups excluding tert-OH is 1. The number of nitrogens with two attached hydrogens (primary N) is 1. The second-order valence-corrected chi connectivity index (χ2v) is 5.33. The number of aliphatic hydroxyl groups is 1. The molecule has 3 heterocycles. The molecule has 24 heavy (non-hydrogen) atoms. The maximum Gasteiger partial charge on any atom is 0.137 e. The van der Waals surface area contributed by atoms with Crippen LogP contribution in [0.15, 0.2) is 24.7 Å². The third kappa shape index (κ3) is 3.42. The minimum atomic E-state index is -0.123. The molecule has 0 saturated carbocycles. The molecule has 2 aromatic heterocycles. The molecule has 1 saturated heterocycles. The van der Waals surface area contributed by atoms with E-state index in [-0.39, 0.29) is 12.6 Å². The van der Waals surface area contributed by atoms with Gasteiger partial charge in [-0.25, -0.2) is 15.0 Å². The van der Waals surface area contributed by atoms with Gasteiger partial charge in [0.2, 0.25) is 0 Å². The van der Waals surface area contributed by atoms with E-state index < -0.39 is 0 Å². The summed E-state index contributed by atoms with van der Waals surface area (Å²) in [5.41, 5.74) is 6.88. The van der Waals surface area contributed by atoms with Gasteiger partial charge in [0.1, 0.15) is 23.8 Å². The first-order valence-corrected chi connectivity index (χ1v) is 7.51. The number of hydrogen-bond donors (Lipinski definition) is 4. The van der Waals surface area contributed by atoms with Gasteiger partial charge >= 0.3 is 0 Å². The summed E-state index contributed by atoms with van der Waals surface area (Å²) in [6.45, 7) is 1.70. The van der Waals surface area contributed by atoms with E-state index in [0.29, 0.717) is 48.5 Å². The van der Waals surface area contributed by atoms with Crippen LogP contribution in [0.4, 0.5) is 23.1 Å². The van der Waals surface area contributed by atoms with Gasteiger partial charge in [0.05, 0.1) is 25.9 Å². The summed E-state index contributed by atoms with van der Waals surface area (Å²) in [4.78, 5) is 14.7. The van der Waals surface area contributed by atoms with E-state index in [0.717, 1.165) is 6.21 Å². The van der Waals surface area contributed by atoms with Crippen LogP contribution in [0.1, 0.15) is 5.56 Å². The molecule has 1 fully saturated rings. The van der Waals surface area contributed by atoms with Gasteiger partial charge in [-0.3, -0.25) is 0 Å². The Morgan fingerprint density at radius 1 is 1.38 bits per heavy atom. The molecule has 0 radical (unpaired) electrons. The monoisotopic (exact) mass is 329 g/mol. The molecule has 0 aromatic carbocycles. The summed E-state index contributed by atoms with van der Waals surface area (Å²) in [7, 11) is 0. The Morgan fingerprint density at radius 2 is 2.21 bits per heavy atom. The quantitative estimate of drug-likeness (QED) is 0.579. The van der Waals surface area contributed by atoms with Crippen LogP contribution in [-0.4, -0.2) is 58.7 Å². The Kier molecular flexibility index (Phi) is 4.82. The van der Waals surface area contributed by atoms with Gasteiger partial charge in [-0.15, -0.1) is 0 Å². The Bertz CT molecular complexity index is 725. The van der Waals surface area contributed by atoms with Crippen LogP contribution in [0.2, 0.25) is 0 Å². The highest BCUT2D eigenvalue weighted by Crippen LogP contribution is 2.22. The lowest BCUT2D eigenvalue weighted by molar-refractivity contribution is 0.0723. The minimum Gasteiger partial charge on any atom is -0.398 e. The number of anilines is 4. The molecular weight excluding hydrogens is 310 g/mol. The average Bonchev–Trinajstić information content (AvgIpc) is 2.62. The lowest BCUT2D eigenvalue weighted by atomic mass is 10.2. The third-order valence-corrected chi connectivity index (χ3v) is 3.77. The molecule has 1 atom stereocenters. The fourth-order valence-corrected chi connectivity index (χ4v) is 2.48. The molecule has 2 aromatic rings. The van der Waals surface area contributed by atoms with E-state index in [1.807, 2.05) is 4.90 Å². The van der Waals surface area contributed by atoms with Gasteiger partial charge in [0.25, 0.3) is 0 Å². The normalized spacial score (nSPS) is 17.5. The highest BCUT2D eigenvalue weighted by atomic mass is 16.5. The van der Waals surface area contributed by atoms with Crippen LogP contribution in [0.5, 0.6) is 0 Å². The van der Waals surface area contributed by atoms with Crippen molar-refractivity contribution in [1.29, 1.82) is 5.41 Å². The van der Waals surface area contributed by atoms with Crippen molar-refractivity contribution in [2.45, 2.75) is 6.04 Å². The maximum atomic E-state index is 9.48. The predicted molar refractivity (Wildman–Crippen MR) is 90.9 cm³/mol. The maximum absolute atomic E-state index is 9.48. The van der Waals surface area contributed by atoms with Crippen LogP contribution < -0.4 is 16.0 Å². The van der Waals surface area contributed by atoms with Crippen LogP contribution in [0.3, 0.4) is 0 Å². The van der Waals surface area contributed by atoms with Crippen molar-refractivity contribution in [3.8, 4) is 0 Å². The molecule has 5 N–H and O–H groups in total. The van der Waals surface area contributed by atoms with Crippen molar-refractivity contribution >= 4 is 29.4 Å². The number of pyridine rings is 1. The molecule has 0 unspecified atom stereocenters. The second-order valence-electron chi connectivity index (χ2n) is 5.33. The van der Waals surface area contributed by atoms with E-state index in [4.69, 9.17) is 15.9 Å². The van der Waals surface area contributed by atoms with Crippen molar-refractivity contribution in [2.24, 2.45) is 0 Å². The third-order valence-electron chi connectivity index (χ3n) is 3.77. The van der Waals surface area contributed by atoms with Crippen molar-refractivity contribution in [2.75, 3.05) is 42.3 Å². The molecule has 1 aliphatic heterocycles. The van der Waals surface area contributed by atoms with E-state index in [1.54, 1.807) is 12.1 Å². The van der Waals surface area contributed by atoms with Crippen molar-refractivity contribution in [3.05, 3.63) is 30.2 Å². The Morgan fingerprint density at radius 3 is 2.96 bits per heavy atom. The number of nitrogen functional groups attached to an aromatic ring is 1. The molecule has 9 heteroatoms. The Labute approximate surface area is 139 Å². The standard InChI is InChI=1S/C15H19N7O2/c16-5-10-6-18-13(3-12(10)17)21-14-4-15(20-9-19-14)22-1-2-24-8-11(22)7-23/h3-6,9,11,16,23H,1-2,7-8H2,(H3,17,18,19,20,21)/t11-/m0/s1. The Hall–Kier alpha value is -2.78. The molecule has 3 rings (SSSR count). The van der Waals surface area contributed by atoms with Crippen LogP contribution in [-0.2, 0) is 4.74 Å². The van der Waals surface area contributed by atoms with E-state index in [9.17, 15) is 5.11 Å². The zero-order chi connectivity index (χ0) is 16.9. The molecular formula is C15H19N7O2. The van der Waals surface area contributed by atoms with E-state index >= 15 is 0 Å². The summed E-state index contributed by atoms with van der Waals surface area (Å²) < 4.78 is 5.38. The minimum absolute atomic E-state index is 0.00403. The first-order valence-electron chi connectivity index (χ1n) is 7.51. The van der Waals surface area contributed by atoms with E-state index in [2.05, 4.69) is 20.3 Å². The topological polar surface area (TPSA) is 133 Å². The number of hydrogen-bond acceptors (Lipinski definition) is 9. The van der Waals surface area contributed by atoms with Gasteiger partial charge in [-0.2, -0.15) is 0 Å². The molecule has 1 aliphatic rings. The Balaban J connectivity index is 1.80. The molecule has 126 valence electrons.